The minimum atomic E-state index is -0.678. The molecule has 1 saturated carbocycles. The van der Waals surface area contributed by atoms with Crippen LogP contribution in [0.3, 0.4) is 0 Å². The SMILES string of the molecule is COc1ccc(C(OCC2CC2)(c2ccccc2)c2ccc(OC)cc2)cc1. The van der Waals surface area contributed by atoms with Crippen molar-refractivity contribution in [2.75, 3.05) is 20.8 Å². The highest BCUT2D eigenvalue weighted by molar-refractivity contribution is 5.49. The van der Waals surface area contributed by atoms with Crippen LogP contribution >= 0.6 is 0 Å². The first-order valence-corrected chi connectivity index (χ1v) is 9.75. The van der Waals surface area contributed by atoms with Gasteiger partial charge in [0.05, 0.1) is 20.8 Å². The van der Waals surface area contributed by atoms with Crippen molar-refractivity contribution < 1.29 is 14.2 Å². The maximum absolute atomic E-state index is 6.78. The second-order valence-electron chi connectivity index (χ2n) is 7.26. The number of benzene rings is 3. The minimum absolute atomic E-state index is 0.652. The Bertz CT molecular complexity index is 834. The maximum atomic E-state index is 6.78. The summed E-state index contributed by atoms with van der Waals surface area (Å²) < 4.78 is 17.5. The minimum Gasteiger partial charge on any atom is -0.497 e. The Hall–Kier alpha value is -2.78. The molecule has 3 nitrogen and oxygen atoms in total. The highest BCUT2D eigenvalue weighted by Gasteiger charge is 2.39. The van der Waals surface area contributed by atoms with Gasteiger partial charge in [0.25, 0.3) is 0 Å². The third-order valence-corrected chi connectivity index (χ3v) is 5.41. The Balaban J connectivity index is 1.88. The van der Waals surface area contributed by atoms with Gasteiger partial charge in [-0.25, -0.2) is 0 Å². The Labute approximate surface area is 166 Å². The molecule has 0 heterocycles. The molecule has 1 aliphatic rings. The normalized spacial score (nSPS) is 13.9. The molecular weight excluding hydrogens is 348 g/mol. The summed E-state index contributed by atoms with van der Waals surface area (Å²) in [6.07, 6.45) is 2.49. The molecule has 0 amide bonds. The van der Waals surface area contributed by atoms with E-state index in [4.69, 9.17) is 14.2 Å². The van der Waals surface area contributed by atoms with Gasteiger partial charge in [0, 0.05) is 0 Å². The quantitative estimate of drug-likeness (QED) is 0.493. The molecule has 0 unspecified atom stereocenters. The van der Waals surface area contributed by atoms with Gasteiger partial charge in [0.2, 0.25) is 0 Å². The van der Waals surface area contributed by atoms with Gasteiger partial charge in [-0.2, -0.15) is 0 Å². The van der Waals surface area contributed by atoms with Gasteiger partial charge in [-0.3, -0.25) is 0 Å². The highest BCUT2D eigenvalue weighted by Crippen LogP contribution is 2.43. The smallest absolute Gasteiger partial charge is 0.143 e. The first kappa shape index (κ1) is 18.6. The predicted molar refractivity (Wildman–Crippen MR) is 111 cm³/mol. The van der Waals surface area contributed by atoms with Crippen LogP contribution in [0.1, 0.15) is 29.5 Å². The fourth-order valence-corrected chi connectivity index (χ4v) is 3.60. The fourth-order valence-electron chi connectivity index (χ4n) is 3.60. The summed E-state index contributed by atoms with van der Waals surface area (Å²) in [5, 5.41) is 0. The third-order valence-electron chi connectivity index (χ3n) is 5.41. The van der Waals surface area contributed by atoms with Crippen molar-refractivity contribution in [1.29, 1.82) is 0 Å². The third kappa shape index (κ3) is 3.63. The van der Waals surface area contributed by atoms with Crippen molar-refractivity contribution in [2.45, 2.75) is 18.4 Å². The van der Waals surface area contributed by atoms with E-state index in [-0.39, 0.29) is 0 Å². The zero-order chi connectivity index (χ0) is 19.4. The summed E-state index contributed by atoms with van der Waals surface area (Å²) in [4.78, 5) is 0. The number of ether oxygens (including phenoxy) is 3. The zero-order valence-corrected chi connectivity index (χ0v) is 16.4. The summed E-state index contributed by atoms with van der Waals surface area (Å²) in [6.45, 7) is 0.743. The second kappa shape index (κ2) is 8.07. The first-order valence-electron chi connectivity index (χ1n) is 9.75. The molecule has 0 radical (unpaired) electrons. The van der Waals surface area contributed by atoms with Crippen LogP contribution in [-0.4, -0.2) is 20.8 Å². The number of hydrogen-bond acceptors (Lipinski definition) is 3. The average Bonchev–Trinajstić information content (AvgIpc) is 3.60. The number of methoxy groups -OCH3 is 2. The van der Waals surface area contributed by atoms with E-state index >= 15 is 0 Å². The van der Waals surface area contributed by atoms with Crippen molar-refractivity contribution in [3.8, 4) is 11.5 Å². The van der Waals surface area contributed by atoms with Crippen molar-refractivity contribution in [1.82, 2.24) is 0 Å². The molecule has 1 aliphatic carbocycles. The molecule has 0 aromatic heterocycles. The molecule has 0 aliphatic heterocycles. The van der Waals surface area contributed by atoms with E-state index in [0.29, 0.717) is 5.92 Å². The molecule has 3 heteroatoms. The van der Waals surface area contributed by atoms with E-state index in [1.807, 2.05) is 30.3 Å². The molecule has 3 aromatic rings. The van der Waals surface area contributed by atoms with Crippen LogP contribution in [-0.2, 0) is 10.3 Å². The van der Waals surface area contributed by atoms with E-state index < -0.39 is 5.60 Å². The summed E-state index contributed by atoms with van der Waals surface area (Å²) in [6, 6.07) is 26.8. The molecule has 28 heavy (non-hydrogen) atoms. The molecular formula is C25H26O3. The number of hydrogen-bond donors (Lipinski definition) is 0. The topological polar surface area (TPSA) is 27.7 Å². The Morgan fingerprint density at radius 2 is 1.14 bits per heavy atom. The van der Waals surface area contributed by atoms with E-state index in [2.05, 4.69) is 48.5 Å². The summed E-state index contributed by atoms with van der Waals surface area (Å²) >= 11 is 0. The molecule has 3 aromatic carbocycles. The predicted octanol–water partition coefficient (Wildman–Crippen LogP) is 5.42. The van der Waals surface area contributed by atoms with Gasteiger partial charge in [0.15, 0.2) is 0 Å². The monoisotopic (exact) mass is 374 g/mol. The van der Waals surface area contributed by atoms with Crippen LogP contribution in [0.2, 0.25) is 0 Å². The molecule has 0 spiro atoms. The van der Waals surface area contributed by atoms with Gasteiger partial charge >= 0.3 is 0 Å². The standard InChI is InChI=1S/C25H26O3/c1-26-23-14-10-21(11-15-23)25(28-18-19-8-9-19,20-6-4-3-5-7-20)22-12-16-24(27-2)17-13-22/h3-7,10-17,19H,8-9,18H2,1-2H3. The molecule has 4 rings (SSSR count). The average molecular weight is 374 g/mol. The highest BCUT2D eigenvalue weighted by atomic mass is 16.5. The van der Waals surface area contributed by atoms with Crippen LogP contribution in [0, 0.1) is 5.92 Å². The summed E-state index contributed by atoms with van der Waals surface area (Å²) in [5.74, 6) is 2.32. The Kier molecular flexibility index (Phi) is 5.36. The van der Waals surface area contributed by atoms with Crippen molar-refractivity contribution in [3.05, 3.63) is 95.6 Å². The van der Waals surface area contributed by atoms with Gasteiger partial charge in [-0.15, -0.1) is 0 Å². The van der Waals surface area contributed by atoms with Crippen molar-refractivity contribution in [3.63, 3.8) is 0 Å². The van der Waals surface area contributed by atoms with Crippen LogP contribution in [0.4, 0.5) is 0 Å². The van der Waals surface area contributed by atoms with E-state index in [9.17, 15) is 0 Å². The molecule has 0 saturated heterocycles. The van der Waals surface area contributed by atoms with Crippen molar-refractivity contribution >= 4 is 0 Å². The Morgan fingerprint density at radius 1 is 0.679 bits per heavy atom. The van der Waals surface area contributed by atoms with Gasteiger partial charge in [-0.05, 0) is 59.7 Å². The fraction of sp³-hybridized carbons (Fsp3) is 0.280. The lowest BCUT2D eigenvalue weighted by Crippen LogP contribution is -2.33. The molecule has 0 N–H and O–H groups in total. The maximum Gasteiger partial charge on any atom is 0.143 e. The van der Waals surface area contributed by atoms with Crippen molar-refractivity contribution in [2.24, 2.45) is 5.92 Å². The lowest BCUT2D eigenvalue weighted by atomic mass is 9.80. The van der Waals surface area contributed by atoms with Crippen LogP contribution in [0.15, 0.2) is 78.9 Å². The van der Waals surface area contributed by atoms with Gasteiger partial charge in [0.1, 0.15) is 17.1 Å². The van der Waals surface area contributed by atoms with E-state index in [0.717, 1.165) is 34.8 Å². The van der Waals surface area contributed by atoms with Crippen LogP contribution in [0.25, 0.3) is 0 Å². The molecule has 0 bridgehead atoms. The largest absolute Gasteiger partial charge is 0.497 e. The molecule has 0 atom stereocenters. The number of rotatable bonds is 8. The Morgan fingerprint density at radius 3 is 1.57 bits per heavy atom. The molecule has 144 valence electrons. The van der Waals surface area contributed by atoms with Crippen LogP contribution in [0.5, 0.6) is 11.5 Å². The molecule has 1 fully saturated rings. The first-order chi connectivity index (χ1) is 13.8. The zero-order valence-electron chi connectivity index (χ0n) is 16.4. The van der Waals surface area contributed by atoms with Gasteiger partial charge < -0.3 is 14.2 Å². The van der Waals surface area contributed by atoms with E-state index in [1.54, 1.807) is 14.2 Å². The lowest BCUT2D eigenvalue weighted by molar-refractivity contribution is 0.00629. The second-order valence-corrected chi connectivity index (χ2v) is 7.26. The summed E-state index contributed by atoms with van der Waals surface area (Å²) in [5.41, 5.74) is 2.61. The van der Waals surface area contributed by atoms with Crippen LogP contribution < -0.4 is 9.47 Å². The lowest BCUT2D eigenvalue weighted by Gasteiger charge is -2.36. The summed E-state index contributed by atoms with van der Waals surface area (Å²) in [7, 11) is 3.37. The van der Waals surface area contributed by atoms with E-state index in [1.165, 1.54) is 12.8 Å². The van der Waals surface area contributed by atoms with Gasteiger partial charge in [-0.1, -0.05) is 54.6 Å².